The zero-order valence-electron chi connectivity index (χ0n) is 18.4. The Morgan fingerprint density at radius 1 is 0.968 bits per heavy atom. The van der Waals surface area contributed by atoms with Gasteiger partial charge in [0.25, 0.3) is 0 Å². The first-order chi connectivity index (χ1) is 15.0. The minimum Gasteiger partial charge on any atom is -0.494 e. The molecular weight excluding hydrogens is 399 g/mol. The number of hydrogen-bond acceptors (Lipinski definition) is 4. The van der Waals surface area contributed by atoms with Gasteiger partial charge >= 0.3 is 6.03 Å². The van der Waals surface area contributed by atoms with Gasteiger partial charge < -0.3 is 19.4 Å². The second-order valence-electron chi connectivity index (χ2n) is 8.83. The molecule has 3 heterocycles. The van der Waals surface area contributed by atoms with Gasteiger partial charge in [0.15, 0.2) is 11.6 Å². The van der Waals surface area contributed by atoms with E-state index in [1.165, 1.54) is 13.2 Å². The summed E-state index contributed by atoms with van der Waals surface area (Å²) < 4.78 is 18.9. The average molecular weight is 433 g/mol. The standard InChI is InChI=1S/C23H33FN4O3/c1-31-21-7-6-18(15-20(21)24)16-25-11-13-26(14-12-25)22(29)19-5-4-10-28(17-19)23(30)27-8-2-3-9-27/h6-7,15,19H,2-5,8-14,16-17H2,1H3. The maximum Gasteiger partial charge on any atom is 0.320 e. The molecule has 1 atom stereocenters. The third-order valence-corrected chi connectivity index (χ3v) is 6.72. The molecule has 1 aromatic rings. The van der Waals surface area contributed by atoms with E-state index in [0.29, 0.717) is 26.2 Å². The number of piperidine rings is 1. The summed E-state index contributed by atoms with van der Waals surface area (Å²) in [6, 6.07) is 5.16. The van der Waals surface area contributed by atoms with Gasteiger partial charge in [0.1, 0.15) is 0 Å². The highest BCUT2D eigenvalue weighted by Gasteiger charge is 2.34. The van der Waals surface area contributed by atoms with Gasteiger partial charge in [0.05, 0.1) is 13.0 Å². The number of piperazine rings is 1. The van der Waals surface area contributed by atoms with Gasteiger partial charge in [-0.3, -0.25) is 9.69 Å². The van der Waals surface area contributed by atoms with Crippen LogP contribution < -0.4 is 4.74 Å². The van der Waals surface area contributed by atoms with Crippen molar-refractivity contribution in [3.8, 4) is 5.75 Å². The normalized spacial score (nSPS) is 22.6. The largest absolute Gasteiger partial charge is 0.494 e. The number of carbonyl (C=O) groups is 2. The third-order valence-electron chi connectivity index (χ3n) is 6.72. The fraction of sp³-hybridized carbons (Fsp3) is 0.652. The number of rotatable bonds is 4. The fourth-order valence-corrected chi connectivity index (χ4v) is 4.91. The molecule has 0 aromatic heterocycles. The first kappa shape index (κ1) is 21.9. The van der Waals surface area contributed by atoms with Crippen LogP contribution in [-0.4, -0.2) is 91.0 Å². The van der Waals surface area contributed by atoms with E-state index in [-0.39, 0.29) is 29.4 Å². The maximum absolute atomic E-state index is 13.9. The zero-order valence-corrected chi connectivity index (χ0v) is 18.4. The van der Waals surface area contributed by atoms with Gasteiger partial charge in [0.2, 0.25) is 5.91 Å². The lowest BCUT2D eigenvalue weighted by molar-refractivity contribution is -0.138. The minimum atomic E-state index is -0.348. The summed E-state index contributed by atoms with van der Waals surface area (Å²) >= 11 is 0. The van der Waals surface area contributed by atoms with Crippen molar-refractivity contribution in [3.63, 3.8) is 0 Å². The monoisotopic (exact) mass is 432 g/mol. The number of amides is 3. The van der Waals surface area contributed by atoms with Crippen molar-refractivity contribution in [2.75, 3.05) is 59.5 Å². The maximum atomic E-state index is 13.9. The number of hydrogen-bond donors (Lipinski definition) is 0. The van der Waals surface area contributed by atoms with Crippen LogP contribution in [0.4, 0.5) is 9.18 Å². The molecule has 1 aromatic carbocycles. The van der Waals surface area contributed by atoms with Crippen LogP contribution in [0.1, 0.15) is 31.2 Å². The molecule has 0 bridgehead atoms. The van der Waals surface area contributed by atoms with E-state index >= 15 is 0 Å². The number of benzene rings is 1. The molecule has 7 nitrogen and oxygen atoms in total. The summed E-state index contributed by atoms with van der Waals surface area (Å²) in [5.41, 5.74) is 0.904. The zero-order chi connectivity index (χ0) is 21.8. The lowest BCUT2D eigenvalue weighted by atomic mass is 9.96. The van der Waals surface area contributed by atoms with Crippen molar-refractivity contribution >= 4 is 11.9 Å². The van der Waals surface area contributed by atoms with Crippen LogP contribution in [-0.2, 0) is 11.3 Å². The van der Waals surface area contributed by atoms with Gasteiger partial charge in [-0.25, -0.2) is 9.18 Å². The highest BCUT2D eigenvalue weighted by molar-refractivity contribution is 5.81. The van der Waals surface area contributed by atoms with Crippen molar-refractivity contribution in [2.45, 2.75) is 32.2 Å². The van der Waals surface area contributed by atoms with Crippen LogP contribution >= 0.6 is 0 Å². The summed E-state index contributed by atoms with van der Waals surface area (Å²) in [6.07, 6.45) is 3.90. The van der Waals surface area contributed by atoms with Crippen LogP contribution in [0.3, 0.4) is 0 Å². The summed E-state index contributed by atoms with van der Waals surface area (Å²) in [4.78, 5) is 33.8. The Morgan fingerprint density at radius 3 is 2.35 bits per heavy atom. The highest BCUT2D eigenvalue weighted by Crippen LogP contribution is 2.23. The van der Waals surface area contributed by atoms with Gasteiger partial charge in [0, 0.05) is 58.9 Å². The van der Waals surface area contributed by atoms with E-state index in [9.17, 15) is 14.0 Å². The molecular formula is C23H33FN4O3. The van der Waals surface area contributed by atoms with Gasteiger partial charge in [-0.05, 0) is 43.4 Å². The molecule has 170 valence electrons. The van der Waals surface area contributed by atoms with Crippen LogP contribution in [0.15, 0.2) is 18.2 Å². The van der Waals surface area contributed by atoms with Crippen molar-refractivity contribution in [1.29, 1.82) is 0 Å². The first-order valence-electron chi connectivity index (χ1n) is 11.4. The fourth-order valence-electron chi connectivity index (χ4n) is 4.91. The summed E-state index contributed by atoms with van der Waals surface area (Å²) in [7, 11) is 1.46. The van der Waals surface area contributed by atoms with Crippen molar-refractivity contribution in [2.24, 2.45) is 5.92 Å². The molecule has 3 saturated heterocycles. The third kappa shape index (κ3) is 5.11. The summed E-state index contributed by atoms with van der Waals surface area (Å²) in [5, 5.41) is 0. The Morgan fingerprint density at radius 2 is 1.68 bits per heavy atom. The number of halogens is 1. The Kier molecular flexibility index (Phi) is 6.95. The number of likely N-dealkylation sites (tertiary alicyclic amines) is 2. The topological polar surface area (TPSA) is 56.3 Å². The predicted octanol–water partition coefficient (Wildman–Crippen LogP) is 2.41. The minimum absolute atomic E-state index is 0.0949. The Hall–Kier alpha value is -2.35. The molecule has 3 amide bonds. The van der Waals surface area contributed by atoms with E-state index in [2.05, 4.69) is 4.90 Å². The van der Waals surface area contributed by atoms with E-state index in [4.69, 9.17) is 4.74 Å². The van der Waals surface area contributed by atoms with Crippen LogP contribution in [0, 0.1) is 11.7 Å². The van der Waals surface area contributed by atoms with Gasteiger partial charge in [-0.15, -0.1) is 0 Å². The van der Waals surface area contributed by atoms with Crippen molar-refractivity contribution in [1.82, 2.24) is 19.6 Å². The Labute approximate surface area is 183 Å². The lowest BCUT2D eigenvalue weighted by Crippen LogP contribution is -2.54. The lowest BCUT2D eigenvalue weighted by Gasteiger charge is -2.39. The summed E-state index contributed by atoms with van der Waals surface area (Å²) in [5.74, 6) is -0.0142. The number of methoxy groups -OCH3 is 1. The van der Waals surface area contributed by atoms with E-state index in [0.717, 1.165) is 64.0 Å². The smallest absolute Gasteiger partial charge is 0.320 e. The molecule has 3 fully saturated rings. The SMILES string of the molecule is COc1ccc(CN2CCN(C(=O)C3CCCN(C(=O)N4CCCC4)C3)CC2)cc1F. The molecule has 0 aliphatic carbocycles. The molecule has 1 unspecified atom stereocenters. The van der Waals surface area contributed by atoms with Crippen molar-refractivity contribution < 1.29 is 18.7 Å². The molecule has 3 aliphatic heterocycles. The van der Waals surface area contributed by atoms with Crippen LogP contribution in [0.2, 0.25) is 0 Å². The first-order valence-corrected chi connectivity index (χ1v) is 11.4. The Bertz CT molecular complexity index is 791. The second kappa shape index (κ2) is 9.85. The molecule has 0 N–H and O–H groups in total. The van der Waals surface area contributed by atoms with Gasteiger partial charge in [-0.1, -0.05) is 6.07 Å². The Balaban J connectivity index is 1.26. The average Bonchev–Trinajstić information content (AvgIpc) is 3.34. The van der Waals surface area contributed by atoms with Gasteiger partial charge in [-0.2, -0.15) is 0 Å². The molecule has 0 radical (unpaired) electrons. The second-order valence-corrected chi connectivity index (χ2v) is 8.83. The number of ether oxygens (including phenoxy) is 1. The van der Waals surface area contributed by atoms with E-state index < -0.39 is 0 Å². The highest BCUT2D eigenvalue weighted by atomic mass is 19.1. The number of carbonyl (C=O) groups excluding carboxylic acids is 2. The number of urea groups is 1. The van der Waals surface area contributed by atoms with Crippen molar-refractivity contribution in [3.05, 3.63) is 29.6 Å². The number of nitrogens with zero attached hydrogens (tertiary/aromatic N) is 4. The van der Waals surface area contributed by atoms with Crippen LogP contribution in [0.5, 0.6) is 5.75 Å². The van der Waals surface area contributed by atoms with E-state index in [1.54, 1.807) is 6.07 Å². The predicted molar refractivity (Wildman–Crippen MR) is 115 cm³/mol. The summed E-state index contributed by atoms with van der Waals surface area (Å²) in [6.45, 7) is 6.52. The molecule has 31 heavy (non-hydrogen) atoms. The molecule has 0 saturated carbocycles. The quantitative estimate of drug-likeness (QED) is 0.733. The van der Waals surface area contributed by atoms with Crippen LogP contribution in [0.25, 0.3) is 0 Å². The molecule has 3 aliphatic rings. The molecule has 4 rings (SSSR count). The molecule has 8 heteroatoms. The molecule has 0 spiro atoms. The van der Waals surface area contributed by atoms with E-state index in [1.807, 2.05) is 20.8 Å².